The first kappa shape index (κ1) is 6.97. The molecule has 42 valence electrons. The predicted molar refractivity (Wildman–Crippen MR) is 33.3 cm³/mol. The van der Waals surface area contributed by atoms with Gasteiger partial charge in [0, 0.05) is 6.42 Å². The summed E-state index contributed by atoms with van der Waals surface area (Å²) in [7, 11) is 0. The van der Waals surface area contributed by atoms with Gasteiger partial charge in [-0.15, -0.1) is 0 Å². The highest BCUT2D eigenvalue weighted by Gasteiger charge is 1.79. The highest BCUT2D eigenvalue weighted by atomic mass is 16.1. The van der Waals surface area contributed by atoms with E-state index in [1.54, 1.807) is 0 Å². The predicted octanol–water partition coefficient (Wildman–Crippen LogP) is 1.15. The van der Waals surface area contributed by atoms with Gasteiger partial charge in [-0.05, 0) is 12.0 Å². The third-order valence-electron chi connectivity index (χ3n) is 0.574. The van der Waals surface area contributed by atoms with E-state index >= 15 is 0 Å². The molecule has 0 unspecified atom stereocenters. The van der Waals surface area contributed by atoms with Gasteiger partial charge in [0.25, 0.3) is 0 Å². The summed E-state index contributed by atoms with van der Waals surface area (Å²) in [6, 6.07) is 0. The van der Waals surface area contributed by atoms with Crippen LogP contribution in [0.2, 0.25) is 0 Å². The minimum absolute atomic E-state index is 0.202. The van der Waals surface area contributed by atoms with Crippen LogP contribution in [0.4, 0.5) is 0 Å². The summed E-state index contributed by atoms with van der Waals surface area (Å²) < 4.78 is 0. The monoisotopic (exact) mass is 108 g/mol. The first-order valence-corrected chi connectivity index (χ1v) is 2.46. The lowest BCUT2D eigenvalue weighted by atomic mass is 10.4. The van der Waals surface area contributed by atoms with Crippen LogP contribution in [0.5, 0.6) is 0 Å². The molecular formula is C7H8O. The molecule has 1 nitrogen and oxygen atoms in total. The number of carbonyl (C=O) groups excluding carboxylic acids is 1. The van der Waals surface area contributed by atoms with E-state index in [1.165, 1.54) is 6.08 Å². The first-order chi connectivity index (χ1) is 3.81. The van der Waals surface area contributed by atoms with E-state index in [2.05, 4.69) is 18.4 Å². The Morgan fingerprint density at radius 3 is 2.88 bits per heavy atom. The van der Waals surface area contributed by atoms with Crippen molar-refractivity contribution in [1.29, 1.82) is 0 Å². The fourth-order valence-corrected chi connectivity index (χ4v) is 0.227. The van der Waals surface area contributed by atoms with Gasteiger partial charge in [-0.2, -0.15) is 0 Å². The molecule has 0 aromatic heterocycles. The van der Waals surface area contributed by atoms with E-state index in [4.69, 9.17) is 0 Å². The average molecular weight is 108 g/mol. The topological polar surface area (TPSA) is 17.1 Å². The summed E-state index contributed by atoms with van der Waals surface area (Å²) in [5.41, 5.74) is 0. The molecule has 0 amide bonds. The molecule has 0 aliphatic rings. The summed E-state index contributed by atoms with van der Waals surface area (Å²) in [5.74, 6) is 4.80. The number of ketones is 1. The zero-order valence-corrected chi connectivity index (χ0v) is 4.90. The summed E-state index contributed by atoms with van der Waals surface area (Å²) in [5, 5.41) is 0. The molecule has 8 heavy (non-hydrogen) atoms. The van der Waals surface area contributed by atoms with Crippen LogP contribution in [-0.4, -0.2) is 5.78 Å². The van der Waals surface area contributed by atoms with Crippen LogP contribution in [0.25, 0.3) is 0 Å². The number of rotatable bonds is 1. The fraction of sp³-hybridized carbons (Fsp3) is 0.286. The van der Waals surface area contributed by atoms with E-state index in [-0.39, 0.29) is 5.78 Å². The SMILES string of the molecule is C=CC(=O)C#CCC. The quantitative estimate of drug-likeness (QED) is 0.280. The van der Waals surface area contributed by atoms with Gasteiger partial charge in [0.1, 0.15) is 0 Å². The lowest BCUT2D eigenvalue weighted by Gasteiger charge is -1.70. The van der Waals surface area contributed by atoms with Crippen LogP contribution in [0.3, 0.4) is 0 Å². The summed E-state index contributed by atoms with van der Waals surface area (Å²) >= 11 is 0. The molecule has 0 saturated heterocycles. The van der Waals surface area contributed by atoms with Gasteiger partial charge in [0.15, 0.2) is 0 Å². The van der Waals surface area contributed by atoms with E-state index in [1.807, 2.05) is 6.92 Å². The number of carbonyl (C=O) groups is 1. The molecule has 0 rings (SSSR count). The molecule has 1 heteroatoms. The van der Waals surface area contributed by atoms with Crippen LogP contribution in [0.1, 0.15) is 13.3 Å². The lowest BCUT2D eigenvalue weighted by molar-refractivity contribution is -0.109. The molecule has 0 saturated carbocycles. The summed E-state index contributed by atoms with van der Waals surface area (Å²) in [4.78, 5) is 10.3. The Morgan fingerprint density at radius 1 is 1.88 bits per heavy atom. The Bertz CT molecular complexity index is 146. The van der Waals surface area contributed by atoms with Crippen LogP contribution in [0, 0.1) is 11.8 Å². The second kappa shape index (κ2) is 4.14. The van der Waals surface area contributed by atoms with E-state index in [0.717, 1.165) is 6.42 Å². The number of allylic oxidation sites excluding steroid dienone is 1. The molecule has 0 aliphatic carbocycles. The third-order valence-corrected chi connectivity index (χ3v) is 0.574. The Hall–Kier alpha value is -1.03. The summed E-state index contributed by atoms with van der Waals surface area (Å²) in [6.07, 6.45) is 1.93. The molecule has 0 N–H and O–H groups in total. The van der Waals surface area contributed by atoms with Crippen LogP contribution in [0.15, 0.2) is 12.7 Å². The molecule has 0 aromatic carbocycles. The molecule has 0 atom stereocenters. The Morgan fingerprint density at radius 2 is 2.50 bits per heavy atom. The first-order valence-electron chi connectivity index (χ1n) is 2.46. The van der Waals surface area contributed by atoms with Crippen LogP contribution in [-0.2, 0) is 4.79 Å². The van der Waals surface area contributed by atoms with Gasteiger partial charge < -0.3 is 0 Å². The second-order valence-corrected chi connectivity index (χ2v) is 1.22. The Balaban J connectivity index is 3.69. The number of hydrogen-bond donors (Lipinski definition) is 0. The average Bonchev–Trinajstić information content (AvgIpc) is 1.83. The second-order valence-electron chi connectivity index (χ2n) is 1.22. The highest BCUT2D eigenvalue weighted by molar-refractivity contribution is 6.03. The van der Waals surface area contributed by atoms with Crippen molar-refractivity contribution in [2.24, 2.45) is 0 Å². The van der Waals surface area contributed by atoms with Crippen molar-refractivity contribution >= 4 is 5.78 Å². The van der Waals surface area contributed by atoms with Gasteiger partial charge in [0.2, 0.25) is 5.78 Å². The van der Waals surface area contributed by atoms with Gasteiger partial charge in [-0.1, -0.05) is 19.4 Å². The molecule has 0 aromatic rings. The van der Waals surface area contributed by atoms with Crippen molar-refractivity contribution in [3.63, 3.8) is 0 Å². The van der Waals surface area contributed by atoms with Crippen LogP contribution >= 0.6 is 0 Å². The van der Waals surface area contributed by atoms with Crippen molar-refractivity contribution in [2.45, 2.75) is 13.3 Å². The maximum absolute atomic E-state index is 10.3. The van der Waals surface area contributed by atoms with Gasteiger partial charge in [-0.25, -0.2) is 0 Å². The van der Waals surface area contributed by atoms with E-state index < -0.39 is 0 Å². The molecule has 0 fully saturated rings. The molecule has 0 spiro atoms. The minimum Gasteiger partial charge on any atom is -0.280 e. The molecule has 0 bridgehead atoms. The minimum atomic E-state index is -0.202. The van der Waals surface area contributed by atoms with Gasteiger partial charge in [-0.3, -0.25) is 4.79 Å². The van der Waals surface area contributed by atoms with Gasteiger partial charge >= 0.3 is 0 Å². The molecule has 0 aliphatic heterocycles. The smallest absolute Gasteiger partial charge is 0.228 e. The standard InChI is InChI=1S/C7H8O/c1-3-5-6-7(8)4-2/h4H,2-3H2,1H3. The van der Waals surface area contributed by atoms with Crippen molar-refractivity contribution in [1.82, 2.24) is 0 Å². The molecule has 0 heterocycles. The summed E-state index contributed by atoms with van der Waals surface area (Å²) in [6.45, 7) is 5.15. The lowest BCUT2D eigenvalue weighted by Crippen LogP contribution is -1.82. The third kappa shape index (κ3) is 3.17. The highest BCUT2D eigenvalue weighted by Crippen LogP contribution is 1.70. The number of hydrogen-bond acceptors (Lipinski definition) is 1. The molecular weight excluding hydrogens is 100 g/mol. The normalized spacial score (nSPS) is 6.62. The van der Waals surface area contributed by atoms with Crippen molar-refractivity contribution in [3.05, 3.63) is 12.7 Å². The Kier molecular flexibility index (Phi) is 3.60. The van der Waals surface area contributed by atoms with Crippen molar-refractivity contribution < 1.29 is 4.79 Å². The van der Waals surface area contributed by atoms with Crippen molar-refractivity contribution in [2.75, 3.05) is 0 Å². The largest absolute Gasteiger partial charge is 0.280 e. The maximum atomic E-state index is 10.3. The fourth-order valence-electron chi connectivity index (χ4n) is 0.227. The molecule has 0 radical (unpaired) electrons. The zero-order chi connectivity index (χ0) is 6.41. The maximum Gasteiger partial charge on any atom is 0.228 e. The van der Waals surface area contributed by atoms with E-state index in [9.17, 15) is 4.79 Å². The van der Waals surface area contributed by atoms with Crippen LogP contribution < -0.4 is 0 Å². The van der Waals surface area contributed by atoms with Crippen molar-refractivity contribution in [3.8, 4) is 11.8 Å². The van der Waals surface area contributed by atoms with E-state index in [0.29, 0.717) is 0 Å². The van der Waals surface area contributed by atoms with Gasteiger partial charge in [0.05, 0.1) is 0 Å². The Labute approximate surface area is 49.4 Å². The zero-order valence-electron chi connectivity index (χ0n) is 4.90.